The van der Waals surface area contributed by atoms with Gasteiger partial charge in [-0.3, -0.25) is 4.79 Å². The van der Waals surface area contributed by atoms with Gasteiger partial charge in [-0.05, 0) is 61.4 Å². The number of piperidine rings is 1. The fourth-order valence-corrected chi connectivity index (χ4v) is 6.63. The smallest absolute Gasteiger partial charge is 0.254 e. The van der Waals surface area contributed by atoms with E-state index in [4.69, 9.17) is 25.5 Å². The zero-order valence-electron chi connectivity index (χ0n) is 22.1. The van der Waals surface area contributed by atoms with Gasteiger partial charge in [0, 0.05) is 43.3 Å². The van der Waals surface area contributed by atoms with E-state index in [1.165, 1.54) is 12.8 Å². The minimum absolute atomic E-state index is 0.00780. The number of hydrogen-bond acceptors (Lipinski definition) is 7. The normalized spacial score (nSPS) is 24.1. The van der Waals surface area contributed by atoms with E-state index in [9.17, 15) is 4.79 Å². The van der Waals surface area contributed by atoms with Gasteiger partial charge in [0.1, 0.15) is 23.5 Å². The highest BCUT2D eigenvalue weighted by Crippen LogP contribution is 2.41. The van der Waals surface area contributed by atoms with Crippen molar-refractivity contribution in [2.45, 2.75) is 44.0 Å². The summed E-state index contributed by atoms with van der Waals surface area (Å²) in [5, 5.41) is 10.1. The molecule has 2 bridgehead atoms. The van der Waals surface area contributed by atoms with Crippen LogP contribution in [0.1, 0.15) is 29.6 Å². The van der Waals surface area contributed by atoms with Crippen molar-refractivity contribution in [3.8, 4) is 23.3 Å². The molecule has 2 N–H and O–H groups in total. The highest BCUT2D eigenvalue weighted by molar-refractivity contribution is 6.00. The first-order valence-electron chi connectivity index (χ1n) is 13.5. The van der Waals surface area contributed by atoms with Crippen LogP contribution in [-0.2, 0) is 18.3 Å². The molecule has 3 aromatic heterocycles. The molecule has 4 atom stereocenters. The number of nitrogens with zero attached hydrogens (tertiary/aromatic N) is 6. The number of pyridine rings is 1. The molecule has 3 fully saturated rings. The maximum atomic E-state index is 13.8. The lowest BCUT2D eigenvalue weighted by molar-refractivity contribution is 0.00514. The highest BCUT2D eigenvalue weighted by Gasteiger charge is 2.53. The summed E-state index contributed by atoms with van der Waals surface area (Å²) in [7, 11) is 3.60. The van der Waals surface area contributed by atoms with Crippen LogP contribution in [0, 0.1) is 23.2 Å². The molecule has 0 spiro atoms. The molecule has 4 heterocycles. The zero-order valence-corrected chi connectivity index (χ0v) is 22.1. The van der Waals surface area contributed by atoms with E-state index in [0.29, 0.717) is 29.3 Å². The molecule has 4 aromatic rings. The first-order valence-corrected chi connectivity index (χ1v) is 13.5. The summed E-state index contributed by atoms with van der Waals surface area (Å²) in [5.74, 6) is 2.10. The van der Waals surface area contributed by atoms with Crippen LogP contribution >= 0.6 is 0 Å². The van der Waals surface area contributed by atoms with Crippen molar-refractivity contribution in [2.75, 3.05) is 20.3 Å². The second kappa shape index (κ2) is 9.07. The van der Waals surface area contributed by atoms with Gasteiger partial charge in [-0.15, -0.1) is 0 Å². The number of carbonyl (C=O) groups excluding carboxylic acids is 1. The van der Waals surface area contributed by atoms with E-state index < -0.39 is 0 Å². The van der Waals surface area contributed by atoms with Gasteiger partial charge in [-0.1, -0.05) is 0 Å². The molecule has 2 saturated carbocycles. The average Bonchev–Trinajstić information content (AvgIpc) is 3.38. The molecule has 200 valence electrons. The monoisotopic (exact) mass is 525 g/mol. The molecule has 2 aliphatic carbocycles. The number of rotatable bonds is 7. The third-order valence-electron chi connectivity index (χ3n) is 8.69. The van der Waals surface area contributed by atoms with Crippen LogP contribution in [0.3, 0.4) is 0 Å². The number of hydrogen-bond donors (Lipinski definition) is 1. The van der Waals surface area contributed by atoms with Gasteiger partial charge in [0.2, 0.25) is 0 Å². The number of benzene rings is 1. The summed E-state index contributed by atoms with van der Waals surface area (Å²) in [5.41, 5.74) is 10.5. The maximum Gasteiger partial charge on any atom is 0.254 e. The Balaban J connectivity index is 1.29. The van der Waals surface area contributed by atoms with E-state index in [-0.39, 0.29) is 36.6 Å². The first-order chi connectivity index (χ1) is 19.0. The summed E-state index contributed by atoms with van der Waals surface area (Å²) >= 11 is 0. The molecule has 1 saturated heterocycles. The lowest BCUT2D eigenvalue weighted by atomic mass is 10.1. The van der Waals surface area contributed by atoms with Crippen molar-refractivity contribution in [1.82, 2.24) is 24.0 Å². The van der Waals surface area contributed by atoms with Crippen LogP contribution in [0.4, 0.5) is 0 Å². The van der Waals surface area contributed by atoms with Gasteiger partial charge < -0.3 is 29.2 Å². The Kier molecular flexibility index (Phi) is 5.61. The molecular formula is C29H31N7O3. The van der Waals surface area contributed by atoms with Crippen molar-refractivity contribution < 1.29 is 14.3 Å². The lowest BCUT2D eigenvalue weighted by Crippen LogP contribution is -2.49. The van der Waals surface area contributed by atoms with Crippen molar-refractivity contribution >= 4 is 28.0 Å². The Morgan fingerprint density at radius 2 is 2.13 bits per heavy atom. The predicted octanol–water partition coefficient (Wildman–Crippen LogP) is 3.09. The van der Waals surface area contributed by atoms with Gasteiger partial charge in [-0.2, -0.15) is 5.26 Å². The van der Waals surface area contributed by atoms with Crippen LogP contribution in [0.2, 0.25) is 0 Å². The number of aryl methyl sites for hydroxylation is 1. The SMILES string of the molecule is COc1cc(C(=O)N2C[C@H]3C[C@H](OCC#N)[C@@H]2C3N)cc2nc(-c3cc4cccnc4n3CC3CC3)n(C)c12. The average molecular weight is 526 g/mol. The van der Waals surface area contributed by atoms with E-state index >= 15 is 0 Å². The number of nitriles is 1. The van der Waals surface area contributed by atoms with Crippen LogP contribution in [0.15, 0.2) is 36.5 Å². The zero-order chi connectivity index (χ0) is 26.8. The van der Waals surface area contributed by atoms with Gasteiger partial charge in [0.25, 0.3) is 5.91 Å². The standard InChI is InChI=1S/C29H31N7O3/c1-34-25-20(33-28(34)21-11-17-4-3-8-32-27(17)35(21)14-16-5-6-16)10-18(12-22(25)38-2)29(37)36-15-19-13-23(39-9-7-30)26(36)24(19)31/h3-4,8,10-12,16,19,23-24,26H,5-6,9,13-15,31H2,1-2H3/t19-,23+,24?,26-/m1/s1. The third-order valence-corrected chi connectivity index (χ3v) is 8.69. The molecule has 1 amide bonds. The summed E-state index contributed by atoms with van der Waals surface area (Å²) in [6, 6.07) is 11.4. The Labute approximate surface area is 225 Å². The minimum atomic E-state index is -0.248. The van der Waals surface area contributed by atoms with Crippen LogP contribution < -0.4 is 10.5 Å². The van der Waals surface area contributed by atoms with Gasteiger partial charge >= 0.3 is 0 Å². The molecule has 3 aliphatic rings. The van der Waals surface area contributed by atoms with Crippen molar-refractivity contribution in [1.29, 1.82) is 5.26 Å². The molecule has 10 nitrogen and oxygen atoms in total. The molecule has 10 heteroatoms. The van der Waals surface area contributed by atoms with Crippen molar-refractivity contribution in [3.63, 3.8) is 0 Å². The molecule has 39 heavy (non-hydrogen) atoms. The molecule has 1 unspecified atom stereocenters. The highest BCUT2D eigenvalue weighted by atomic mass is 16.5. The predicted molar refractivity (Wildman–Crippen MR) is 145 cm³/mol. The number of ether oxygens (including phenoxy) is 2. The number of imidazole rings is 1. The fourth-order valence-electron chi connectivity index (χ4n) is 6.63. The quantitative estimate of drug-likeness (QED) is 0.393. The van der Waals surface area contributed by atoms with Crippen LogP contribution in [0.5, 0.6) is 5.75 Å². The van der Waals surface area contributed by atoms with Gasteiger partial charge in [0.05, 0.1) is 36.5 Å². The Bertz CT molecular complexity index is 1650. The van der Waals surface area contributed by atoms with Gasteiger partial charge in [-0.25, -0.2) is 9.97 Å². The van der Waals surface area contributed by atoms with E-state index in [2.05, 4.69) is 21.7 Å². The summed E-state index contributed by atoms with van der Waals surface area (Å²) in [6.07, 6.45) is 4.85. The van der Waals surface area contributed by atoms with Crippen LogP contribution in [0.25, 0.3) is 33.6 Å². The second-order valence-electron chi connectivity index (χ2n) is 11.1. The van der Waals surface area contributed by atoms with Crippen LogP contribution in [-0.4, -0.2) is 68.4 Å². The van der Waals surface area contributed by atoms with Gasteiger partial charge in [0.15, 0.2) is 5.82 Å². The number of fused-ring (bicyclic) bond motifs is 4. The number of aromatic nitrogens is 4. The maximum absolute atomic E-state index is 13.8. The Morgan fingerprint density at radius 1 is 1.28 bits per heavy atom. The largest absolute Gasteiger partial charge is 0.494 e. The van der Waals surface area contributed by atoms with E-state index in [0.717, 1.165) is 41.0 Å². The second-order valence-corrected chi connectivity index (χ2v) is 11.1. The molecule has 0 radical (unpaired) electrons. The van der Waals surface area contributed by atoms with E-state index in [1.807, 2.05) is 40.9 Å². The Morgan fingerprint density at radius 3 is 2.87 bits per heavy atom. The number of methoxy groups -OCH3 is 1. The summed E-state index contributed by atoms with van der Waals surface area (Å²) < 4.78 is 15.9. The van der Waals surface area contributed by atoms with Crippen molar-refractivity contribution in [3.05, 3.63) is 42.1 Å². The number of likely N-dealkylation sites (tertiary alicyclic amines) is 1. The minimum Gasteiger partial charge on any atom is -0.494 e. The summed E-state index contributed by atoms with van der Waals surface area (Å²) in [6.45, 7) is 1.48. The molecule has 1 aromatic carbocycles. The number of amides is 1. The topological polar surface area (TPSA) is 124 Å². The number of nitrogens with two attached hydrogens (primary N) is 1. The fraction of sp³-hybridized carbons (Fsp3) is 0.448. The Hall–Kier alpha value is -3.94. The lowest BCUT2D eigenvalue weighted by Gasteiger charge is -2.33. The van der Waals surface area contributed by atoms with Crippen molar-refractivity contribution in [2.24, 2.45) is 24.6 Å². The number of carbonyl (C=O) groups is 1. The molecular weight excluding hydrogens is 494 g/mol. The third kappa shape index (κ3) is 3.79. The summed E-state index contributed by atoms with van der Waals surface area (Å²) in [4.78, 5) is 25.3. The molecule has 7 rings (SSSR count). The molecule has 1 aliphatic heterocycles. The van der Waals surface area contributed by atoms with E-state index in [1.54, 1.807) is 13.2 Å². The first kappa shape index (κ1) is 24.1.